The van der Waals surface area contributed by atoms with E-state index in [1.807, 2.05) is 13.0 Å². The highest BCUT2D eigenvalue weighted by molar-refractivity contribution is 7.89. The van der Waals surface area contributed by atoms with E-state index in [0.29, 0.717) is 19.6 Å². The molecule has 3 rings (SSSR count). The van der Waals surface area contributed by atoms with Gasteiger partial charge in [0.2, 0.25) is 10.0 Å². The van der Waals surface area contributed by atoms with E-state index in [1.165, 1.54) is 8.89 Å². The van der Waals surface area contributed by atoms with Crippen LogP contribution in [0.2, 0.25) is 0 Å². The van der Waals surface area contributed by atoms with Gasteiger partial charge in [0, 0.05) is 49.5 Å². The average Bonchev–Trinajstić information content (AvgIpc) is 3.25. The number of nitrogens with zero attached hydrogens (tertiary/aromatic N) is 2. The van der Waals surface area contributed by atoms with Crippen molar-refractivity contribution in [2.24, 2.45) is 0 Å². The van der Waals surface area contributed by atoms with Crippen LogP contribution in [-0.2, 0) is 16.4 Å². The van der Waals surface area contributed by atoms with Crippen molar-refractivity contribution in [3.8, 4) is 0 Å². The number of amides is 1. The molecule has 1 fully saturated rings. The van der Waals surface area contributed by atoms with Crippen molar-refractivity contribution in [2.45, 2.75) is 33.1 Å². The summed E-state index contributed by atoms with van der Waals surface area (Å²) in [4.78, 5) is 16.7. The van der Waals surface area contributed by atoms with Crippen molar-refractivity contribution in [1.29, 1.82) is 0 Å². The minimum Gasteiger partial charge on any atom is -0.350 e. The molecule has 1 aliphatic rings. The first-order valence-electron chi connectivity index (χ1n) is 9.93. The summed E-state index contributed by atoms with van der Waals surface area (Å²) in [5.74, 6) is 0.227. The minimum absolute atomic E-state index is 0.0211. The van der Waals surface area contributed by atoms with E-state index in [9.17, 15) is 13.2 Å². The fourth-order valence-electron chi connectivity index (χ4n) is 3.28. The van der Waals surface area contributed by atoms with Gasteiger partial charge in [0.05, 0.1) is 14.6 Å². The van der Waals surface area contributed by atoms with Gasteiger partial charge < -0.3 is 5.32 Å². The summed E-state index contributed by atoms with van der Waals surface area (Å²) in [5.41, 5.74) is 0. The Hall–Kier alpha value is -1.00. The Bertz CT molecular complexity index is 865. The van der Waals surface area contributed by atoms with E-state index >= 15 is 0 Å². The van der Waals surface area contributed by atoms with Gasteiger partial charge in [-0.3, -0.25) is 9.69 Å². The Morgan fingerprint density at radius 3 is 2.54 bits per heavy atom. The number of carbonyl (C=O) groups excluding carboxylic acids is 1. The smallest absolute Gasteiger partial charge is 0.261 e. The molecular formula is C19H29N3O3S3. The molecule has 9 heteroatoms. The lowest BCUT2D eigenvalue weighted by Crippen LogP contribution is -2.50. The van der Waals surface area contributed by atoms with Crippen molar-refractivity contribution in [2.75, 3.05) is 45.0 Å². The lowest BCUT2D eigenvalue weighted by Gasteiger charge is -2.33. The summed E-state index contributed by atoms with van der Waals surface area (Å²) in [6.45, 7) is 7.99. The number of unbranched alkanes of at least 4 members (excludes halogenated alkanes) is 1. The van der Waals surface area contributed by atoms with Crippen LogP contribution in [0.5, 0.6) is 0 Å². The molecule has 6 nitrogen and oxygen atoms in total. The molecule has 2 aromatic heterocycles. The Balaban J connectivity index is 1.41. The molecule has 0 spiro atoms. The number of fused-ring (bicyclic) bond motifs is 1. The number of nitrogens with one attached hydrogen (secondary N) is 1. The van der Waals surface area contributed by atoms with Gasteiger partial charge in [-0.05, 0) is 25.0 Å². The number of hydrogen-bond donors (Lipinski definition) is 1. The predicted molar refractivity (Wildman–Crippen MR) is 118 cm³/mol. The van der Waals surface area contributed by atoms with Crippen molar-refractivity contribution < 1.29 is 13.2 Å². The summed E-state index contributed by atoms with van der Waals surface area (Å²) >= 11 is 3.32. The highest BCUT2D eigenvalue weighted by Gasteiger charge is 2.26. The van der Waals surface area contributed by atoms with Crippen LogP contribution in [0, 0.1) is 0 Å². The molecule has 0 unspecified atom stereocenters. The van der Waals surface area contributed by atoms with Crippen LogP contribution in [0.4, 0.5) is 0 Å². The molecule has 2 aromatic rings. The normalized spacial score (nSPS) is 16.6. The summed E-state index contributed by atoms with van der Waals surface area (Å²) < 4.78 is 27.3. The zero-order valence-corrected chi connectivity index (χ0v) is 19.0. The Labute approximate surface area is 175 Å². The first kappa shape index (κ1) is 21.7. The second-order valence-corrected chi connectivity index (χ2v) is 11.6. The average molecular weight is 444 g/mol. The van der Waals surface area contributed by atoms with Gasteiger partial charge in [0.25, 0.3) is 5.91 Å². The van der Waals surface area contributed by atoms with Crippen molar-refractivity contribution >= 4 is 48.0 Å². The van der Waals surface area contributed by atoms with E-state index in [-0.39, 0.29) is 11.7 Å². The maximum Gasteiger partial charge on any atom is 0.261 e. The molecule has 0 bridgehead atoms. The third-order valence-electron chi connectivity index (χ3n) is 5.03. The number of piperazine rings is 1. The van der Waals surface area contributed by atoms with Gasteiger partial charge in [-0.25, -0.2) is 8.42 Å². The minimum atomic E-state index is -3.11. The van der Waals surface area contributed by atoms with Gasteiger partial charge in [-0.2, -0.15) is 4.31 Å². The lowest BCUT2D eigenvalue weighted by atomic mass is 10.3. The first-order valence-corrected chi connectivity index (χ1v) is 13.2. The maximum absolute atomic E-state index is 12.4. The third kappa shape index (κ3) is 5.33. The Morgan fingerprint density at radius 2 is 1.89 bits per heavy atom. The van der Waals surface area contributed by atoms with Gasteiger partial charge in [-0.1, -0.05) is 20.3 Å². The summed E-state index contributed by atoms with van der Waals surface area (Å²) in [5, 5.41) is 4.16. The van der Waals surface area contributed by atoms with Crippen LogP contribution in [-0.4, -0.2) is 68.6 Å². The van der Waals surface area contributed by atoms with E-state index in [4.69, 9.17) is 0 Å². The molecule has 1 N–H and O–H groups in total. The van der Waals surface area contributed by atoms with E-state index in [2.05, 4.69) is 23.2 Å². The van der Waals surface area contributed by atoms with Crippen LogP contribution in [0.15, 0.2) is 12.1 Å². The van der Waals surface area contributed by atoms with Gasteiger partial charge in [-0.15, -0.1) is 22.7 Å². The topological polar surface area (TPSA) is 69.7 Å². The molecule has 0 aromatic carbocycles. The molecule has 1 saturated heterocycles. The zero-order chi connectivity index (χ0) is 20.1. The van der Waals surface area contributed by atoms with Crippen LogP contribution in [0.1, 0.15) is 41.2 Å². The Kier molecular flexibility index (Phi) is 7.49. The Morgan fingerprint density at radius 1 is 1.14 bits per heavy atom. The standard InChI is InChI=1S/C19H29N3O3S3/c1-3-5-12-28(24,25)22-10-8-21(9-11-22)7-6-20-18(23)17-14-15-13-16(4-2)26-19(15)27-17/h13-14H,3-12H2,1-2H3,(H,20,23). The predicted octanol–water partition coefficient (Wildman–Crippen LogP) is 3.00. The number of thiophene rings is 2. The van der Waals surface area contributed by atoms with Crippen LogP contribution >= 0.6 is 22.7 Å². The van der Waals surface area contributed by atoms with E-state index < -0.39 is 10.0 Å². The molecule has 0 saturated carbocycles. The van der Waals surface area contributed by atoms with E-state index in [1.54, 1.807) is 27.0 Å². The van der Waals surface area contributed by atoms with Crippen molar-refractivity contribution in [3.63, 3.8) is 0 Å². The molecule has 0 atom stereocenters. The largest absolute Gasteiger partial charge is 0.350 e. The molecule has 0 aliphatic carbocycles. The number of carbonyl (C=O) groups is 1. The number of hydrogen-bond acceptors (Lipinski definition) is 6. The SMILES string of the molecule is CCCCS(=O)(=O)N1CCN(CCNC(=O)c2cc3cc(CC)sc3s2)CC1. The molecule has 156 valence electrons. The van der Waals surface area contributed by atoms with Crippen LogP contribution in [0.25, 0.3) is 9.40 Å². The molecular weight excluding hydrogens is 414 g/mol. The third-order valence-corrected chi connectivity index (χ3v) is 9.52. The van der Waals surface area contributed by atoms with Crippen molar-refractivity contribution in [1.82, 2.24) is 14.5 Å². The highest BCUT2D eigenvalue weighted by atomic mass is 32.2. The van der Waals surface area contributed by atoms with Crippen LogP contribution in [0.3, 0.4) is 0 Å². The molecule has 3 heterocycles. The summed E-state index contributed by atoms with van der Waals surface area (Å²) in [6.07, 6.45) is 2.64. The molecule has 28 heavy (non-hydrogen) atoms. The fourth-order valence-corrected chi connectivity index (χ4v) is 7.26. The molecule has 1 amide bonds. The number of rotatable bonds is 9. The maximum atomic E-state index is 12.4. The van der Waals surface area contributed by atoms with Gasteiger partial charge in [0.1, 0.15) is 0 Å². The second-order valence-electron chi connectivity index (χ2n) is 7.09. The quantitative estimate of drug-likeness (QED) is 0.647. The van der Waals surface area contributed by atoms with Crippen LogP contribution < -0.4 is 5.32 Å². The number of sulfonamides is 1. The fraction of sp³-hybridized carbons (Fsp3) is 0.632. The number of aryl methyl sites for hydroxylation is 1. The van der Waals surface area contributed by atoms with E-state index in [0.717, 1.165) is 49.2 Å². The lowest BCUT2D eigenvalue weighted by molar-refractivity contribution is 0.0949. The molecule has 0 radical (unpaired) electrons. The highest BCUT2D eigenvalue weighted by Crippen LogP contribution is 2.33. The van der Waals surface area contributed by atoms with Crippen molar-refractivity contribution in [3.05, 3.63) is 21.9 Å². The summed E-state index contributed by atoms with van der Waals surface area (Å²) in [7, 11) is -3.11. The van der Waals surface area contributed by atoms with Gasteiger partial charge in [0.15, 0.2) is 0 Å². The second kappa shape index (κ2) is 9.67. The summed E-state index contributed by atoms with van der Waals surface area (Å²) in [6, 6.07) is 4.15. The monoisotopic (exact) mass is 443 g/mol. The zero-order valence-electron chi connectivity index (χ0n) is 16.6. The van der Waals surface area contributed by atoms with Gasteiger partial charge >= 0.3 is 0 Å². The first-order chi connectivity index (χ1) is 13.4. The molecule has 1 aliphatic heterocycles.